The third-order valence-corrected chi connectivity index (χ3v) is 7.77. The average Bonchev–Trinajstić information content (AvgIpc) is 3.36. The molecule has 10 heteroatoms. The van der Waals surface area contributed by atoms with Gasteiger partial charge in [0, 0.05) is 37.1 Å². The molecule has 0 aliphatic carbocycles. The number of benzene rings is 2. The summed E-state index contributed by atoms with van der Waals surface area (Å²) in [6, 6.07) is 16.9. The van der Waals surface area contributed by atoms with Crippen LogP contribution in [0.2, 0.25) is 0 Å². The molecular weight excluding hydrogens is 504 g/mol. The van der Waals surface area contributed by atoms with E-state index in [1.54, 1.807) is 18.2 Å². The van der Waals surface area contributed by atoms with Gasteiger partial charge in [-0.1, -0.05) is 30.3 Å². The van der Waals surface area contributed by atoms with Gasteiger partial charge in [-0.3, -0.25) is 24.6 Å². The highest BCUT2D eigenvalue weighted by Gasteiger charge is 2.35. The lowest BCUT2D eigenvalue weighted by Crippen LogP contribution is -2.36. The van der Waals surface area contributed by atoms with Crippen molar-refractivity contribution in [1.29, 1.82) is 0 Å². The number of hydrogen-bond donors (Lipinski definition) is 0. The molecular formula is C28H28N4O5S. The molecule has 0 N–H and O–H groups in total. The van der Waals surface area contributed by atoms with Crippen molar-refractivity contribution in [3.8, 4) is 5.69 Å². The van der Waals surface area contributed by atoms with E-state index in [4.69, 9.17) is 4.74 Å². The largest absolute Gasteiger partial charge is 0.378 e. The molecule has 9 nitrogen and oxygen atoms in total. The van der Waals surface area contributed by atoms with Crippen molar-refractivity contribution in [3.63, 3.8) is 0 Å². The third-order valence-electron chi connectivity index (χ3n) is 6.86. The molecule has 2 saturated heterocycles. The number of amides is 2. The zero-order valence-corrected chi connectivity index (χ0v) is 22.1. The van der Waals surface area contributed by atoms with Crippen LogP contribution >= 0.6 is 11.8 Å². The summed E-state index contributed by atoms with van der Waals surface area (Å²) in [5.41, 5.74) is 4.83. The lowest BCUT2D eigenvalue weighted by Gasteiger charge is -2.28. The Hall–Kier alpha value is -3.89. The Labute approximate surface area is 224 Å². The number of nitrogens with zero attached hydrogens (tertiary/aromatic N) is 4. The number of aromatic nitrogens is 1. The first kappa shape index (κ1) is 25.7. The number of rotatable bonds is 7. The minimum Gasteiger partial charge on any atom is -0.378 e. The van der Waals surface area contributed by atoms with Crippen LogP contribution in [0.15, 0.2) is 59.5 Å². The monoisotopic (exact) mass is 532 g/mol. The standard InChI is InChI=1S/C28H28N4O5S/c1-19-16-22(17-26-27(33)30(28(34)38-26)11-10-21-6-4-3-5-7-21)20(2)31(19)23-8-9-24(25(18-23)32(35)36)29-12-14-37-15-13-29/h3-9,16-18H,10-15H2,1-2H3/b26-17-. The lowest BCUT2D eigenvalue weighted by atomic mass is 10.1. The molecule has 0 unspecified atom stereocenters. The molecule has 0 atom stereocenters. The topological polar surface area (TPSA) is 97.9 Å². The van der Waals surface area contributed by atoms with Gasteiger partial charge in [0.1, 0.15) is 5.69 Å². The van der Waals surface area contributed by atoms with E-state index >= 15 is 0 Å². The zero-order valence-electron chi connectivity index (χ0n) is 21.3. The summed E-state index contributed by atoms with van der Waals surface area (Å²) >= 11 is 0.940. The Balaban J connectivity index is 1.40. The number of ether oxygens (including phenoxy) is 1. The molecule has 0 radical (unpaired) electrons. The Morgan fingerprint density at radius 2 is 1.79 bits per heavy atom. The van der Waals surface area contributed by atoms with Crippen LogP contribution in [-0.4, -0.2) is 58.4 Å². The van der Waals surface area contributed by atoms with E-state index in [1.165, 1.54) is 4.90 Å². The first-order chi connectivity index (χ1) is 18.3. The van der Waals surface area contributed by atoms with Gasteiger partial charge in [-0.15, -0.1) is 0 Å². The predicted molar refractivity (Wildman–Crippen MR) is 148 cm³/mol. The Kier molecular flexibility index (Phi) is 7.35. The van der Waals surface area contributed by atoms with Crippen LogP contribution in [0, 0.1) is 24.0 Å². The van der Waals surface area contributed by atoms with Gasteiger partial charge < -0.3 is 14.2 Å². The van der Waals surface area contributed by atoms with Gasteiger partial charge >= 0.3 is 0 Å². The molecule has 3 aromatic rings. The second-order valence-corrected chi connectivity index (χ2v) is 10.3. The molecule has 2 aliphatic heterocycles. The molecule has 3 heterocycles. The van der Waals surface area contributed by atoms with Crippen LogP contribution in [0.4, 0.5) is 16.2 Å². The van der Waals surface area contributed by atoms with E-state index in [0.29, 0.717) is 55.5 Å². The fraction of sp³-hybridized carbons (Fsp3) is 0.286. The number of nitro benzene ring substituents is 1. The van der Waals surface area contributed by atoms with Gasteiger partial charge in [0.2, 0.25) is 0 Å². The van der Waals surface area contributed by atoms with Crippen LogP contribution in [0.3, 0.4) is 0 Å². The molecule has 2 aromatic carbocycles. The number of carbonyl (C=O) groups excluding carboxylic acids is 2. The highest BCUT2D eigenvalue weighted by Crippen LogP contribution is 2.35. The van der Waals surface area contributed by atoms with Gasteiger partial charge in [-0.05, 0) is 67.4 Å². The first-order valence-corrected chi connectivity index (χ1v) is 13.2. The molecule has 38 heavy (non-hydrogen) atoms. The molecule has 2 fully saturated rings. The van der Waals surface area contributed by atoms with Crippen molar-refractivity contribution in [2.24, 2.45) is 0 Å². The van der Waals surface area contributed by atoms with E-state index in [9.17, 15) is 19.7 Å². The smallest absolute Gasteiger partial charge is 0.294 e. The average molecular weight is 533 g/mol. The number of anilines is 1. The first-order valence-electron chi connectivity index (χ1n) is 12.4. The molecule has 0 saturated carbocycles. The summed E-state index contributed by atoms with van der Waals surface area (Å²) in [6.45, 7) is 6.42. The van der Waals surface area contributed by atoms with Gasteiger partial charge in [-0.2, -0.15) is 0 Å². The highest BCUT2D eigenvalue weighted by atomic mass is 32.2. The Morgan fingerprint density at radius 3 is 2.50 bits per heavy atom. The maximum atomic E-state index is 13.0. The van der Waals surface area contributed by atoms with Crippen LogP contribution < -0.4 is 4.90 Å². The Morgan fingerprint density at radius 1 is 1.05 bits per heavy atom. The van der Waals surface area contributed by atoms with Crippen LogP contribution in [0.25, 0.3) is 11.8 Å². The second kappa shape index (κ2) is 10.8. The molecule has 2 aliphatic rings. The van der Waals surface area contributed by atoms with E-state index in [1.807, 2.05) is 65.8 Å². The normalized spacial score (nSPS) is 17.1. The number of thioether (sulfide) groups is 1. The number of morpholine rings is 1. The summed E-state index contributed by atoms with van der Waals surface area (Å²) in [5.74, 6) is -0.300. The zero-order chi connectivity index (χ0) is 26.8. The summed E-state index contributed by atoms with van der Waals surface area (Å²) < 4.78 is 7.32. The van der Waals surface area contributed by atoms with Crippen LogP contribution in [0.5, 0.6) is 0 Å². The molecule has 196 valence electrons. The minimum atomic E-state index is -0.352. The maximum Gasteiger partial charge on any atom is 0.294 e. The van der Waals surface area contributed by atoms with E-state index in [2.05, 4.69) is 0 Å². The van der Waals surface area contributed by atoms with Crippen molar-refractivity contribution < 1.29 is 19.2 Å². The van der Waals surface area contributed by atoms with Crippen LogP contribution in [-0.2, 0) is 16.0 Å². The van der Waals surface area contributed by atoms with Crippen LogP contribution in [0.1, 0.15) is 22.5 Å². The van der Waals surface area contributed by atoms with E-state index < -0.39 is 0 Å². The number of carbonyl (C=O) groups is 2. The lowest BCUT2D eigenvalue weighted by molar-refractivity contribution is -0.384. The molecule has 5 rings (SSSR count). The fourth-order valence-electron chi connectivity index (χ4n) is 4.92. The van der Waals surface area contributed by atoms with Crippen molar-refractivity contribution in [2.45, 2.75) is 20.3 Å². The Bertz CT molecular complexity index is 1430. The molecule has 1 aromatic heterocycles. The summed E-state index contributed by atoms with van der Waals surface area (Å²) in [4.78, 5) is 40.9. The number of imide groups is 1. The number of hydrogen-bond acceptors (Lipinski definition) is 7. The van der Waals surface area contributed by atoms with Gasteiger partial charge in [0.15, 0.2) is 0 Å². The van der Waals surface area contributed by atoms with Gasteiger partial charge in [0.25, 0.3) is 16.8 Å². The summed E-state index contributed by atoms with van der Waals surface area (Å²) in [5, 5.41) is 11.7. The SMILES string of the molecule is Cc1cc(/C=C2\SC(=O)N(CCc3ccccc3)C2=O)c(C)n1-c1ccc(N2CCOCC2)c([N+](=O)[O-])c1. The predicted octanol–water partition coefficient (Wildman–Crippen LogP) is 5.12. The van der Waals surface area contributed by atoms with E-state index in [0.717, 1.165) is 34.3 Å². The second-order valence-electron chi connectivity index (χ2n) is 9.26. The minimum absolute atomic E-state index is 0.0398. The third kappa shape index (κ3) is 5.09. The van der Waals surface area contributed by atoms with Crippen molar-refractivity contribution >= 4 is 40.4 Å². The summed E-state index contributed by atoms with van der Waals surface area (Å²) in [7, 11) is 0. The van der Waals surface area contributed by atoms with Crippen molar-refractivity contribution in [2.75, 3.05) is 37.7 Å². The van der Waals surface area contributed by atoms with E-state index in [-0.39, 0.29) is 21.8 Å². The van der Waals surface area contributed by atoms with Crippen molar-refractivity contribution in [1.82, 2.24) is 9.47 Å². The quantitative estimate of drug-likeness (QED) is 0.237. The molecule has 0 bridgehead atoms. The van der Waals surface area contributed by atoms with Gasteiger partial charge in [-0.25, -0.2) is 0 Å². The van der Waals surface area contributed by atoms with Gasteiger partial charge in [0.05, 0.1) is 28.7 Å². The molecule has 0 spiro atoms. The molecule has 2 amide bonds. The fourth-order valence-corrected chi connectivity index (χ4v) is 5.78. The summed E-state index contributed by atoms with van der Waals surface area (Å²) in [6.07, 6.45) is 2.34. The number of nitro groups is 1. The van der Waals surface area contributed by atoms with Crippen molar-refractivity contribution in [3.05, 3.63) is 92.1 Å². The number of aryl methyl sites for hydroxylation is 1. The highest BCUT2D eigenvalue weighted by molar-refractivity contribution is 8.18. The maximum absolute atomic E-state index is 13.0.